The first-order valence-corrected chi connectivity index (χ1v) is 6.37. The van der Waals surface area contributed by atoms with E-state index in [-0.39, 0.29) is 23.4 Å². The molecule has 4 nitrogen and oxygen atoms in total. The average Bonchev–Trinajstić information content (AvgIpc) is 2.35. The van der Waals surface area contributed by atoms with Crippen molar-refractivity contribution in [3.05, 3.63) is 28.2 Å². The minimum atomic E-state index is -4.55. The summed E-state index contributed by atoms with van der Waals surface area (Å²) in [6.07, 6.45) is -4.55. The molecule has 0 aromatic heterocycles. The third-order valence-electron chi connectivity index (χ3n) is 2.23. The lowest BCUT2D eigenvalue weighted by atomic mass is 10.1. The van der Waals surface area contributed by atoms with Gasteiger partial charge in [0.1, 0.15) is 6.61 Å². The van der Waals surface area contributed by atoms with E-state index in [1.165, 1.54) is 19.2 Å². The van der Waals surface area contributed by atoms with Crippen molar-refractivity contribution in [2.24, 2.45) is 0 Å². The largest absolute Gasteiger partial charge is 0.418 e. The van der Waals surface area contributed by atoms with Gasteiger partial charge >= 0.3 is 6.18 Å². The van der Waals surface area contributed by atoms with Gasteiger partial charge in [0.2, 0.25) is 5.91 Å². The highest BCUT2D eigenvalue weighted by Crippen LogP contribution is 2.36. The van der Waals surface area contributed by atoms with E-state index in [4.69, 9.17) is 9.47 Å². The molecule has 112 valence electrons. The highest BCUT2D eigenvalue weighted by Gasteiger charge is 2.34. The van der Waals surface area contributed by atoms with E-state index in [2.05, 4.69) is 21.2 Å². The molecule has 1 aromatic carbocycles. The van der Waals surface area contributed by atoms with Gasteiger partial charge in [0.25, 0.3) is 0 Å². The van der Waals surface area contributed by atoms with E-state index < -0.39 is 17.6 Å². The molecule has 0 saturated heterocycles. The molecular formula is C12H13BrF3NO3. The smallest absolute Gasteiger partial charge is 0.382 e. The zero-order chi connectivity index (χ0) is 15.2. The van der Waals surface area contributed by atoms with Gasteiger partial charge in [-0.05, 0) is 18.2 Å². The number of halogens is 4. The van der Waals surface area contributed by atoms with Crippen LogP contribution in [0.25, 0.3) is 0 Å². The molecule has 1 amide bonds. The average molecular weight is 356 g/mol. The Balaban J connectivity index is 2.70. The molecule has 0 atom stereocenters. The van der Waals surface area contributed by atoms with Gasteiger partial charge in [-0.25, -0.2) is 0 Å². The van der Waals surface area contributed by atoms with Crippen LogP contribution in [0.3, 0.4) is 0 Å². The zero-order valence-electron chi connectivity index (χ0n) is 10.6. The Morgan fingerprint density at radius 1 is 1.35 bits per heavy atom. The number of nitrogens with one attached hydrogen (secondary N) is 1. The van der Waals surface area contributed by atoms with Crippen LogP contribution in [-0.4, -0.2) is 32.8 Å². The number of hydrogen-bond acceptors (Lipinski definition) is 3. The molecule has 0 spiro atoms. The first-order chi connectivity index (χ1) is 9.34. The van der Waals surface area contributed by atoms with Gasteiger partial charge in [-0.2, -0.15) is 13.2 Å². The van der Waals surface area contributed by atoms with Gasteiger partial charge in [0.15, 0.2) is 0 Å². The number of hydrogen-bond donors (Lipinski definition) is 1. The van der Waals surface area contributed by atoms with Crippen molar-refractivity contribution in [1.29, 1.82) is 0 Å². The minimum absolute atomic E-state index is 0.191. The number of benzene rings is 1. The van der Waals surface area contributed by atoms with Crippen molar-refractivity contribution in [2.75, 3.05) is 32.2 Å². The van der Waals surface area contributed by atoms with Crippen LogP contribution in [-0.2, 0) is 20.4 Å². The third-order valence-corrected chi connectivity index (χ3v) is 2.72. The third kappa shape index (κ3) is 5.48. The fraction of sp³-hybridized carbons (Fsp3) is 0.417. The number of carbonyl (C=O) groups excluding carboxylic acids is 1. The maximum absolute atomic E-state index is 12.8. The van der Waals surface area contributed by atoms with Crippen molar-refractivity contribution in [3.63, 3.8) is 0 Å². The molecule has 1 rings (SSSR count). The Kier molecular flexibility index (Phi) is 6.44. The Morgan fingerprint density at radius 3 is 2.65 bits per heavy atom. The topological polar surface area (TPSA) is 47.6 Å². The van der Waals surface area contributed by atoms with Crippen molar-refractivity contribution in [2.45, 2.75) is 6.18 Å². The normalized spacial score (nSPS) is 11.4. The SMILES string of the molecule is COCCOCC(=O)Nc1ccc(Br)cc1C(F)(F)F. The number of rotatable bonds is 6. The van der Waals surface area contributed by atoms with Crippen LogP contribution < -0.4 is 5.32 Å². The standard InChI is InChI=1S/C12H13BrF3NO3/c1-19-4-5-20-7-11(18)17-10-3-2-8(13)6-9(10)12(14,15)16/h2-3,6H,4-5,7H2,1H3,(H,17,18). The Morgan fingerprint density at radius 2 is 2.05 bits per heavy atom. The summed E-state index contributed by atoms with van der Waals surface area (Å²) in [5, 5.41) is 2.18. The van der Waals surface area contributed by atoms with Gasteiger partial charge in [-0.15, -0.1) is 0 Å². The highest BCUT2D eigenvalue weighted by molar-refractivity contribution is 9.10. The Hall–Kier alpha value is -1.12. The highest BCUT2D eigenvalue weighted by atomic mass is 79.9. The van der Waals surface area contributed by atoms with Gasteiger partial charge in [-0.3, -0.25) is 4.79 Å². The number of carbonyl (C=O) groups is 1. The van der Waals surface area contributed by atoms with Crippen LogP contribution in [0.15, 0.2) is 22.7 Å². The van der Waals surface area contributed by atoms with Crippen molar-refractivity contribution < 1.29 is 27.4 Å². The summed E-state index contributed by atoms with van der Waals surface area (Å²) in [5.41, 5.74) is -1.22. The summed E-state index contributed by atoms with van der Waals surface area (Å²) < 4.78 is 48.3. The second-order valence-corrected chi connectivity index (χ2v) is 4.70. The summed E-state index contributed by atoms with van der Waals surface area (Å²) in [5.74, 6) is -0.658. The fourth-order valence-corrected chi connectivity index (χ4v) is 1.71. The lowest BCUT2D eigenvalue weighted by Gasteiger charge is -2.14. The second kappa shape index (κ2) is 7.61. The molecule has 0 saturated carbocycles. The summed E-state index contributed by atoms with van der Waals surface area (Å²) in [7, 11) is 1.47. The fourth-order valence-electron chi connectivity index (χ4n) is 1.35. The van der Waals surface area contributed by atoms with Crippen LogP contribution >= 0.6 is 15.9 Å². The first-order valence-electron chi connectivity index (χ1n) is 5.58. The van der Waals surface area contributed by atoms with Gasteiger partial charge in [0.05, 0.1) is 24.5 Å². The van der Waals surface area contributed by atoms with E-state index >= 15 is 0 Å². The Bertz CT molecular complexity index is 466. The molecule has 0 bridgehead atoms. The second-order valence-electron chi connectivity index (χ2n) is 3.78. The molecule has 0 unspecified atom stereocenters. The molecule has 0 aliphatic heterocycles. The number of alkyl halides is 3. The van der Waals surface area contributed by atoms with E-state index in [0.717, 1.165) is 6.07 Å². The predicted molar refractivity (Wildman–Crippen MR) is 70.5 cm³/mol. The van der Waals surface area contributed by atoms with Gasteiger partial charge < -0.3 is 14.8 Å². The van der Waals surface area contributed by atoms with Crippen LogP contribution in [0.1, 0.15) is 5.56 Å². The molecule has 0 heterocycles. The van der Waals surface area contributed by atoms with Crippen LogP contribution in [0.4, 0.5) is 18.9 Å². The number of amides is 1. The molecule has 20 heavy (non-hydrogen) atoms. The number of ether oxygens (including phenoxy) is 2. The molecule has 1 aromatic rings. The molecule has 0 fully saturated rings. The molecular weight excluding hydrogens is 343 g/mol. The van der Waals surface area contributed by atoms with Crippen molar-refractivity contribution >= 4 is 27.5 Å². The van der Waals surface area contributed by atoms with Crippen LogP contribution in [0, 0.1) is 0 Å². The summed E-state index contributed by atoms with van der Waals surface area (Å²) in [4.78, 5) is 11.5. The minimum Gasteiger partial charge on any atom is -0.382 e. The monoisotopic (exact) mass is 355 g/mol. The van der Waals surface area contributed by atoms with Gasteiger partial charge in [-0.1, -0.05) is 15.9 Å². The van der Waals surface area contributed by atoms with Crippen LogP contribution in [0.2, 0.25) is 0 Å². The van der Waals surface area contributed by atoms with E-state index in [0.29, 0.717) is 6.61 Å². The number of anilines is 1. The van der Waals surface area contributed by atoms with Crippen molar-refractivity contribution in [1.82, 2.24) is 0 Å². The lowest BCUT2D eigenvalue weighted by Crippen LogP contribution is -2.21. The molecule has 0 radical (unpaired) electrons. The van der Waals surface area contributed by atoms with Crippen LogP contribution in [0.5, 0.6) is 0 Å². The molecule has 8 heteroatoms. The maximum Gasteiger partial charge on any atom is 0.418 e. The zero-order valence-corrected chi connectivity index (χ0v) is 12.2. The maximum atomic E-state index is 12.8. The lowest BCUT2D eigenvalue weighted by molar-refractivity contribution is -0.137. The van der Waals surface area contributed by atoms with Crippen molar-refractivity contribution in [3.8, 4) is 0 Å². The summed E-state index contributed by atoms with van der Waals surface area (Å²) >= 11 is 2.96. The first kappa shape index (κ1) is 16.9. The molecule has 0 aliphatic rings. The molecule has 0 aliphatic carbocycles. The Labute approximate surface area is 122 Å². The van der Waals surface area contributed by atoms with E-state index in [1.807, 2.05) is 0 Å². The summed E-state index contributed by atoms with van der Waals surface area (Å²) in [6.45, 7) is 0.159. The van der Waals surface area contributed by atoms with E-state index in [9.17, 15) is 18.0 Å². The quantitative estimate of drug-likeness (QED) is 0.797. The summed E-state index contributed by atoms with van der Waals surface area (Å²) in [6, 6.07) is 3.50. The number of methoxy groups -OCH3 is 1. The molecule has 1 N–H and O–H groups in total. The predicted octanol–water partition coefficient (Wildman–Crippen LogP) is 3.07. The van der Waals surface area contributed by atoms with Gasteiger partial charge in [0, 0.05) is 11.6 Å². The van der Waals surface area contributed by atoms with E-state index in [1.54, 1.807) is 0 Å².